The predicted molar refractivity (Wildman–Crippen MR) is 52.5 cm³/mol. The predicted octanol–water partition coefficient (Wildman–Crippen LogP) is 2.80. The summed E-state index contributed by atoms with van der Waals surface area (Å²) in [4.78, 5) is 0. The van der Waals surface area contributed by atoms with E-state index < -0.39 is 0 Å². The van der Waals surface area contributed by atoms with Gasteiger partial charge in [-0.05, 0) is 11.6 Å². The zero-order valence-corrected chi connectivity index (χ0v) is 7.57. The Balaban J connectivity index is 2.54. The van der Waals surface area contributed by atoms with Crippen LogP contribution in [-0.4, -0.2) is 10.2 Å². The van der Waals surface area contributed by atoms with Crippen molar-refractivity contribution in [1.29, 1.82) is 0 Å². The largest absolute Gasteiger partial charge is 0.159 e. The zero-order valence-electron chi connectivity index (χ0n) is 6.81. The first kappa shape index (κ1) is 8.20. The van der Waals surface area contributed by atoms with E-state index in [1.807, 2.05) is 36.4 Å². The SMILES string of the molecule is Clc1nnccc1-c1ccccc1. The average molecular weight is 191 g/mol. The molecule has 0 atom stereocenters. The smallest absolute Gasteiger partial charge is 0.158 e. The molecule has 2 aromatic rings. The van der Waals surface area contributed by atoms with Gasteiger partial charge in [0.15, 0.2) is 5.15 Å². The Hall–Kier alpha value is -1.41. The summed E-state index contributed by atoms with van der Waals surface area (Å²) in [6.45, 7) is 0. The van der Waals surface area contributed by atoms with E-state index in [4.69, 9.17) is 11.6 Å². The van der Waals surface area contributed by atoms with Crippen molar-refractivity contribution >= 4 is 11.6 Å². The van der Waals surface area contributed by atoms with Crippen LogP contribution in [0.25, 0.3) is 11.1 Å². The molecule has 64 valence electrons. The van der Waals surface area contributed by atoms with Crippen LogP contribution in [0, 0.1) is 0 Å². The molecule has 0 aliphatic carbocycles. The first-order chi connectivity index (χ1) is 6.38. The van der Waals surface area contributed by atoms with E-state index in [1.165, 1.54) is 0 Å². The Morgan fingerprint density at radius 3 is 2.46 bits per heavy atom. The van der Waals surface area contributed by atoms with Gasteiger partial charge in [0.05, 0.1) is 6.20 Å². The highest BCUT2D eigenvalue weighted by molar-refractivity contribution is 6.31. The minimum atomic E-state index is 0.439. The summed E-state index contributed by atoms with van der Waals surface area (Å²) in [6, 6.07) is 11.7. The molecule has 0 saturated carbocycles. The number of rotatable bonds is 1. The molecule has 0 aliphatic rings. The molecule has 0 bridgehead atoms. The van der Waals surface area contributed by atoms with Gasteiger partial charge in [-0.15, -0.1) is 5.10 Å². The van der Waals surface area contributed by atoms with E-state index in [9.17, 15) is 0 Å². The first-order valence-electron chi connectivity index (χ1n) is 3.90. The summed E-state index contributed by atoms with van der Waals surface area (Å²) in [5, 5.41) is 7.90. The fraction of sp³-hybridized carbons (Fsp3) is 0. The standard InChI is InChI=1S/C10H7ClN2/c11-10-9(6-7-12-13-10)8-4-2-1-3-5-8/h1-7H. The molecule has 0 radical (unpaired) electrons. The van der Waals surface area contributed by atoms with E-state index in [2.05, 4.69) is 10.2 Å². The van der Waals surface area contributed by atoms with E-state index in [0.717, 1.165) is 11.1 Å². The van der Waals surface area contributed by atoms with Gasteiger partial charge in [-0.2, -0.15) is 5.10 Å². The molecule has 0 amide bonds. The summed E-state index contributed by atoms with van der Waals surface area (Å²) in [5.74, 6) is 0. The molecule has 1 aromatic carbocycles. The van der Waals surface area contributed by atoms with Gasteiger partial charge in [0.2, 0.25) is 0 Å². The van der Waals surface area contributed by atoms with Crippen LogP contribution in [0.3, 0.4) is 0 Å². The molecule has 0 saturated heterocycles. The Bertz CT molecular complexity index is 401. The minimum absolute atomic E-state index is 0.439. The second-order valence-corrected chi connectivity index (χ2v) is 2.96. The maximum atomic E-state index is 5.89. The lowest BCUT2D eigenvalue weighted by Gasteiger charge is -2.00. The van der Waals surface area contributed by atoms with Gasteiger partial charge in [0.1, 0.15) is 0 Å². The van der Waals surface area contributed by atoms with Gasteiger partial charge in [-0.3, -0.25) is 0 Å². The molecule has 0 aliphatic heterocycles. The van der Waals surface area contributed by atoms with Crippen LogP contribution in [0.4, 0.5) is 0 Å². The van der Waals surface area contributed by atoms with E-state index >= 15 is 0 Å². The molecule has 0 unspecified atom stereocenters. The van der Waals surface area contributed by atoms with Crippen molar-refractivity contribution in [3.8, 4) is 11.1 Å². The number of halogens is 1. The quantitative estimate of drug-likeness (QED) is 0.691. The van der Waals surface area contributed by atoms with Crippen LogP contribution in [0.2, 0.25) is 5.15 Å². The Kier molecular flexibility index (Phi) is 2.23. The fourth-order valence-corrected chi connectivity index (χ4v) is 1.36. The van der Waals surface area contributed by atoms with Gasteiger partial charge in [0.25, 0.3) is 0 Å². The van der Waals surface area contributed by atoms with E-state index in [-0.39, 0.29) is 0 Å². The molecular weight excluding hydrogens is 184 g/mol. The van der Waals surface area contributed by atoms with Crippen molar-refractivity contribution < 1.29 is 0 Å². The summed E-state index contributed by atoms with van der Waals surface area (Å²) >= 11 is 5.89. The highest BCUT2D eigenvalue weighted by Crippen LogP contribution is 2.24. The summed E-state index contributed by atoms with van der Waals surface area (Å²) in [7, 11) is 0. The number of nitrogens with zero attached hydrogens (tertiary/aromatic N) is 2. The third-order valence-corrected chi connectivity index (χ3v) is 2.04. The van der Waals surface area contributed by atoms with Crippen molar-refractivity contribution in [2.24, 2.45) is 0 Å². The van der Waals surface area contributed by atoms with Crippen LogP contribution < -0.4 is 0 Å². The van der Waals surface area contributed by atoms with Crippen molar-refractivity contribution in [1.82, 2.24) is 10.2 Å². The molecule has 1 aromatic heterocycles. The lowest BCUT2D eigenvalue weighted by Crippen LogP contribution is -1.84. The van der Waals surface area contributed by atoms with Gasteiger partial charge in [0, 0.05) is 5.56 Å². The summed E-state index contributed by atoms with van der Waals surface area (Å²) in [5.41, 5.74) is 1.97. The van der Waals surface area contributed by atoms with E-state index in [0.29, 0.717) is 5.15 Å². The first-order valence-corrected chi connectivity index (χ1v) is 4.28. The van der Waals surface area contributed by atoms with Gasteiger partial charge < -0.3 is 0 Å². The van der Waals surface area contributed by atoms with Gasteiger partial charge in [-0.25, -0.2) is 0 Å². The summed E-state index contributed by atoms with van der Waals surface area (Å²) < 4.78 is 0. The number of benzene rings is 1. The minimum Gasteiger partial charge on any atom is -0.158 e. The van der Waals surface area contributed by atoms with Crippen LogP contribution in [0.1, 0.15) is 0 Å². The number of hydrogen-bond acceptors (Lipinski definition) is 2. The van der Waals surface area contributed by atoms with Crippen molar-refractivity contribution in [2.45, 2.75) is 0 Å². The van der Waals surface area contributed by atoms with Crippen LogP contribution in [-0.2, 0) is 0 Å². The number of hydrogen-bond donors (Lipinski definition) is 0. The van der Waals surface area contributed by atoms with Crippen molar-refractivity contribution in [3.05, 3.63) is 47.7 Å². The molecule has 2 rings (SSSR count). The molecule has 0 N–H and O–H groups in total. The molecule has 2 nitrogen and oxygen atoms in total. The molecule has 0 spiro atoms. The zero-order chi connectivity index (χ0) is 9.10. The molecule has 0 fully saturated rings. The fourth-order valence-electron chi connectivity index (χ4n) is 1.15. The second kappa shape index (κ2) is 3.54. The van der Waals surface area contributed by atoms with Crippen molar-refractivity contribution in [2.75, 3.05) is 0 Å². The van der Waals surface area contributed by atoms with Gasteiger partial charge >= 0.3 is 0 Å². The highest BCUT2D eigenvalue weighted by atomic mass is 35.5. The maximum Gasteiger partial charge on any atom is 0.159 e. The highest BCUT2D eigenvalue weighted by Gasteiger charge is 2.02. The van der Waals surface area contributed by atoms with Gasteiger partial charge in [-0.1, -0.05) is 41.9 Å². The lowest BCUT2D eigenvalue weighted by atomic mass is 10.1. The number of aromatic nitrogens is 2. The Morgan fingerprint density at radius 2 is 1.77 bits per heavy atom. The summed E-state index contributed by atoms with van der Waals surface area (Å²) in [6.07, 6.45) is 1.63. The van der Waals surface area contributed by atoms with Crippen LogP contribution >= 0.6 is 11.6 Å². The van der Waals surface area contributed by atoms with Crippen molar-refractivity contribution in [3.63, 3.8) is 0 Å². The van der Waals surface area contributed by atoms with Crippen LogP contribution in [0.5, 0.6) is 0 Å². The Morgan fingerprint density at radius 1 is 1.00 bits per heavy atom. The molecular formula is C10H7ClN2. The monoisotopic (exact) mass is 190 g/mol. The third-order valence-electron chi connectivity index (χ3n) is 1.76. The molecule has 13 heavy (non-hydrogen) atoms. The lowest BCUT2D eigenvalue weighted by molar-refractivity contribution is 1.03. The normalized spacial score (nSPS) is 9.92. The van der Waals surface area contributed by atoms with Crippen LogP contribution in [0.15, 0.2) is 42.6 Å². The molecule has 3 heteroatoms. The second-order valence-electron chi connectivity index (χ2n) is 2.60. The maximum absolute atomic E-state index is 5.89. The third kappa shape index (κ3) is 1.68. The topological polar surface area (TPSA) is 25.8 Å². The molecule has 1 heterocycles. The average Bonchev–Trinajstić information content (AvgIpc) is 2.20. The van der Waals surface area contributed by atoms with E-state index in [1.54, 1.807) is 6.20 Å². The Labute approximate surface area is 81.2 Å².